The fourth-order valence-corrected chi connectivity index (χ4v) is 2.80. The van der Waals surface area contributed by atoms with E-state index in [-0.39, 0.29) is 5.54 Å². The van der Waals surface area contributed by atoms with Crippen LogP contribution in [-0.2, 0) is 0 Å². The van der Waals surface area contributed by atoms with Crippen LogP contribution >= 0.6 is 22.6 Å². The lowest BCUT2D eigenvalue weighted by atomic mass is 9.97. The molecule has 0 radical (unpaired) electrons. The zero-order valence-electron chi connectivity index (χ0n) is 8.80. The highest BCUT2D eigenvalue weighted by atomic mass is 127. The van der Waals surface area contributed by atoms with Crippen molar-refractivity contribution in [3.05, 3.63) is 27.8 Å². The molecule has 1 aromatic rings. The molecule has 1 aliphatic rings. The highest BCUT2D eigenvalue weighted by molar-refractivity contribution is 14.1. The molecule has 2 rings (SSSR count). The van der Waals surface area contributed by atoms with Gasteiger partial charge >= 0.3 is 0 Å². The van der Waals surface area contributed by atoms with Gasteiger partial charge in [0.25, 0.3) is 0 Å². The maximum Gasteiger partial charge on any atom is 0.0496 e. The molecule has 3 heteroatoms. The Morgan fingerprint density at radius 1 is 1.27 bits per heavy atom. The highest BCUT2D eigenvalue weighted by Gasteiger charge is 2.32. The fraction of sp³-hybridized carbons (Fsp3) is 0.500. The van der Waals surface area contributed by atoms with Gasteiger partial charge in [0, 0.05) is 21.3 Å². The highest BCUT2D eigenvalue weighted by Crippen LogP contribution is 2.33. The zero-order valence-corrected chi connectivity index (χ0v) is 11.0. The predicted octanol–water partition coefficient (Wildman–Crippen LogP) is 2.97. The number of hydrogen-bond donors (Lipinski definition) is 2. The summed E-state index contributed by atoms with van der Waals surface area (Å²) in [5.74, 6) is 0. The van der Waals surface area contributed by atoms with Gasteiger partial charge in [0.2, 0.25) is 0 Å². The monoisotopic (exact) mass is 316 g/mol. The van der Waals surface area contributed by atoms with Crippen LogP contribution in [0.4, 0.5) is 5.69 Å². The van der Waals surface area contributed by atoms with Crippen LogP contribution in [0.25, 0.3) is 0 Å². The van der Waals surface area contributed by atoms with E-state index >= 15 is 0 Å². The van der Waals surface area contributed by atoms with Gasteiger partial charge in [-0.05, 0) is 47.6 Å². The van der Waals surface area contributed by atoms with Gasteiger partial charge in [-0.25, -0.2) is 0 Å². The average molecular weight is 316 g/mol. The molecule has 15 heavy (non-hydrogen) atoms. The van der Waals surface area contributed by atoms with Crippen molar-refractivity contribution in [1.29, 1.82) is 0 Å². The van der Waals surface area contributed by atoms with Crippen molar-refractivity contribution >= 4 is 28.3 Å². The van der Waals surface area contributed by atoms with Crippen LogP contribution in [0.5, 0.6) is 0 Å². The van der Waals surface area contributed by atoms with Gasteiger partial charge in [0.1, 0.15) is 0 Å². The molecule has 0 saturated heterocycles. The minimum absolute atomic E-state index is 0.154. The van der Waals surface area contributed by atoms with Gasteiger partial charge in [-0.3, -0.25) is 0 Å². The molecule has 0 heterocycles. The molecule has 0 aromatic heterocycles. The van der Waals surface area contributed by atoms with Crippen LogP contribution in [0.2, 0.25) is 0 Å². The third-order valence-corrected chi connectivity index (χ3v) is 4.17. The molecular formula is C12H17IN2. The molecule has 0 amide bonds. The first-order valence-electron chi connectivity index (χ1n) is 5.49. The topological polar surface area (TPSA) is 38.0 Å². The minimum Gasteiger partial charge on any atom is -0.377 e. The molecular weight excluding hydrogens is 299 g/mol. The first-order chi connectivity index (χ1) is 7.26. The van der Waals surface area contributed by atoms with Crippen molar-refractivity contribution in [2.75, 3.05) is 11.9 Å². The summed E-state index contributed by atoms with van der Waals surface area (Å²) in [5.41, 5.74) is 7.28. The number of anilines is 1. The van der Waals surface area contributed by atoms with Crippen LogP contribution in [0.3, 0.4) is 0 Å². The van der Waals surface area contributed by atoms with Gasteiger partial charge in [-0.1, -0.05) is 25.0 Å². The summed E-state index contributed by atoms with van der Waals surface area (Å²) in [7, 11) is 0. The molecule has 0 spiro atoms. The fourth-order valence-electron chi connectivity index (χ4n) is 2.28. The molecule has 1 saturated carbocycles. The first-order valence-corrected chi connectivity index (χ1v) is 6.56. The second-order valence-corrected chi connectivity index (χ2v) is 5.46. The molecule has 0 aliphatic heterocycles. The molecule has 0 bridgehead atoms. The summed E-state index contributed by atoms with van der Waals surface area (Å²) in [6, 6.07) is 8.40. The SMILES string of the molecule is NCC1(Nc2ccccc2I)CCCC1. The second-order valence-electron chi connectivity index (χ2n) is 4.30. The van der Waals surface area contributed by atoms with Crippen molar-refractivity contribution < 1.29 is 0 Å². The second kappa shape index (κ2) is 4.70. The Balaban J connectivity index is 2.16. The van der Waals surface area contributed by atoms with E-state index in [1.807, 2.05) is 0 Å². The number of nitrogens with two attached hydrogens (primary N) is 1. The Hall–Kier alpha value is -0.290. The summed E-state index contributed by atoms with van der Waals surface area (Å²) in [6.45, 7) is 0.734. The van der Waals surface area contributed by atoms with Crippen molar-refractivity contribution in [1.82, 2.24) is 0 Å². The third-order valence-electron chi connectivity index (χ3n) is 3.23. The Morgan fingerprint density at radius 3 is 2.53 bits per heavy atom. The van der Waals surface area contributed by atoms with E-state index in [1.54, 1.807) is 0 Å². The van der Waals surface area contributed by atoms with Gasteiger partial charge in [0.05, 0.1) is 0 Å². The maximum atomic E-state index is 5.90. The minimum atomic E-state index is 0.154. The summed E-state index contributed by atoms with van der Waals surface area (Å²) < 4.78 is 1.27. The molecule has 1 aromatic carbocycles. The van der Waals surface area contributed by atoms with Crippen LogP contribution < -0.4 is 11.1 Å². The van der Waals surface area contributed by atoms with Crippen molar-refractivity contribution in [3.8, 4) is 0 Å². The van der Waals surface area contributed by atoms with E-state index in [9.17, 15) is 0 Å². The van der Waals surface area contributed by atoms with Crippen molar-refractivity contribution in [3.63, 3.8) is 0 Å². The van der Waals surface area contributed by atoms with Crippen molar-refractivity contribution in [2.45, 2.75) is 31.2 Å². The van der Waals surface area contributed by atoms with Crippen LogP contribution in [0, 0.1) is 3.57 Å². The molecule has 0 atom stereocenters. The molecule has 82 valence electrons. The van der Waals surface area contributed by atoms with Gasteiger partial charge in [-0.2, -0.15) is 0 Å². The number of nitrogens with one attached hydrogen (secondary N) is 1. The van der Waals surface area contributed by atoms with Gasteiger partial charge < -0.3 is 11.1 Å². The number of benzene rings is 1. The number of halogens is 1. The van der Waals surface area contributed by atoms with Crippen LogP contribution in [0.1, 0.15) is 25.7 Å². The van der Waals surface area contributed by atoms with Crippen LogP contribution in [0.15, 0.2) is 24.3 Å². The summed E-state index contributed by atoms with van der Waals surface area (Å²) in [4.78, 5) is 0. The average Bonchev–Trinajstić information content (AvgIpc) is 2.71. The predicted molar refractivity (Wildman–Crippen MR) is 73.0 cm³/mol. The van der Waals surface area contributed by atoms with Crippen LogP contribution in [-0.4, -0.2) is 12.1 Å². The smallest absolute Gasteiger partial charge is 0.0496 e. The quantitative estimate of drug-likeness (QED) is 0.842. The maximum absolute atomic E-state index is 5.90. The first kappa shape index (κ1) is 11.2. The molecule has 1 aliphatic carbocycles. The van der Waals surface area contributed by atoms with E-state index in [4.69, 9.17) is 5.73 Å². The van der Waals surface area contributed by atoms with E-state index < -0.39 is 0 Å². The molecule has 3 N–H and O–H groups in total. The number of hydrogen-bond acceptors (Lipinski definition) is 2. The molecule has 2 nitrogen and oxygen atoms in total. The lowest BCUT2D eigenvalue weighted by Crippen LogP contribution is -2.42. The Bertz CT molecular complexity index is 332. The number of para-hydroxylation sites is 1. The Kier molecular flexibility index (Phi) is 3.51. The number of rotatable bonds is 3. The Morgan fingerprint density at radius 2 is 1.93 bits per heavy atom. The summed E-state index contributed by atoms with van der Waals surface area (Å²) in [6.07, 6.45) is 5.00. The van der Waals surface area contributed by atoms with E-state index in [0.29, 0.717) is 0 Å². The van der Waals surface area contributed by atoms with Gasteiger partial charge in [0.15, 0.2) is 0 Å². The largest absolute Gasteiger partial charge is 0.377 e. The molecule has 1 fully saturated rings. The van der Waals surface area contributed by atoms with Crippen molar-refractivity contribution in [2.24, 2.45) is 5.73 Å². The zero-order chi connectivity index (χ0) is 10.7. The third kappa shape index (κ3) is 2.45. The lowest BCUT2D eigenvalue weighted by Gasteiger charge is -2.30. The molecule has 0 unspecified atom stereocenters. The van der Waals surface area contributed by atoms with E-state index in [0.717, 1.165) is 6.54 Å². The normalized spacial score (nSPS) is 19.1. The van der Waals surface area contributed by atoms with Gasteiger partial charge in [-0.15, -0.1) is 0 Å². The summed E-state index contributed by atoms with van der Waals surface area (Å²) >= 11 is 2.37. The standard InChI is InChI=1S/C12H17IN2/c13-10-5-1-2-6-11(10)15-12(9-14)7-3-4-8-12/h1-2,5-6,15H,3-4,7-9,14H2. The summed E-state index contributed by atoms with van der Waals surface area (Å²) in [5, 5.41) is 3.64. The van der Waals surface area contributed by atoms with E-state index in [1.165, 1.54) is 34.9 Å². The lowest BCUT2D eigenvalue weighted by molar-refractivity contribution is 0.493. The van der Waals surface area contributed by atoms with E-state index in [2.05, 4.69) is 52.2 Å². The Labute approximate surface area is 105 Å².